The zero-order chi connectivity index (χ0) is 25.4. The van der Waals surface area contributed by atoms with Crippen molar-refractivity contribution in [2.75, 3.05) is 19.0 Å². The molecule has 5 rings (SSSR count). The van der Waals surface area contributed by atoms with Crippen LogP contribution in [0.1, 0.15) is 16.8 Å². The van der Waals surface area contributed by atoms with Crippen molar-refractivity contribution in [3.63, 3.8) is 0 Å². The first-order valence-electron chi connectivity index (χ1n) is 11.3. The first-order valence-corrected chi connectivity index (χ1v) is 12.0. The molecule has 0 bridgehead atoms. The summed E-state index contributed by atoms with van der Waals surface area (Å²) in [6, 6.07) is 22.1. The van der Waals surface area contributed by atoms with Gasteiger partial charge < -0.3 is 19.3 Å². The zero-order valence-electron chi connectivity index (χ0n) is 20.0. The molecule has 0 aliphatic heterocycles. The number of pyridine rings is 1. The number of aliphatic hydroxyl groups is 1. The van der Waals surface area contributed by atoms with Gasteiger partial charge in [0, 0.05) is 31.6 Å². The Balaban J connectivity index is 1.74. The van der Waals surface area contributed by atoms with Gasteiger partial charge in [-0.05, 0) is 47.5 Å². The molecule has 36 heavy (non-hydrogen) atoms. The maximum absolute atomic E-state index is 12.3. The molecule has 1 atom stereocenters. The Labute approximate surface area is 219 Å². The SMILES string of the molecule is CN(C)c1nc2ccc(C(O)(c3ccc(Cl)cc3)c3cncn3C)cc2c(Cl)c1Oc1ccccc1. The van der Waals surface area contributed by atoms with E-state index in [1.54, 1.807) is 41.4 Å². The van der Waals surface area contributed by atoms with Gasteiger partial charge in [0.15, 0.2) is 17.2 Å². The minimum absolute atomic E-state index is 0.401. The summed E-state index contributed by atoms with van der Waals surface area (Å²) in [5.41, 5.74) is 1.00. The number of hydrogen-bond donors (Lipinski definition) is 1. The van der Waals surface area contributed by atoms with Crippen LogP contribution in [0.25, 0.3) is 10.9 Å². The van der Waals surface area contributed by atoms with E-state index < -0.39 is 5.60 Å². The third-order valence-electron chi connectivity index (χ3n) is 6.12. The molecule has 0 amide bonds. The van der Waals surface area contributed by atoms with Crippen molar-refractivity contribution in [2.45, 2.75) is 5.60 Å². The van der Waals surface area contributed by atoms with Crippen LogP contribution in [0.3, 0.4) is 0 Å². The molecule has 0 fully saturated rings. The molecule has 1 unspecified atom stereocenters. The van der Waals surface area contributed by atoms with Crippen LogP contribution >= 0.6 is 23.2 Å². The normalized spacial score (nSPS) is 12.9. The van der Waals surface area contributed by atoms with Crippen LogP contribution in [0.2, 0.25) is 10.0 Å². The summed E-state index contributed by atoms with van der Waals surface area (Å²) in [5.74, 6) is 1.68. The van der Waals surface area contributed by atoms with Crippen molar-refractivity contribution in [2.24, 2.45) is 7.05 Å². The molecule has 0 aliphatic carbocycles. The van der Waals surface area contributed by atoms with Crippen LogP contribution in [0.5, 0.6) is 11.5 Å². The highest BCUT2D eigenvalue weighted by Gasteiger charge is 2.37. The molecule has 1 N–H and O–H groups in total. The maximum atomic E-state index is 12.3. The van der Waals surface area contributed by atoms with E-state index in [1.807, 2.05) is 74.6 Å². The molecule has 5 aromatic rings. The molecule has 2 heterocycles. The molecule has 8 heteroatoms. The maximum Gasteiger partial charge on any atom is 0.189 e. The Morgan fingerprint density at radius 2 is 1.64 bits per heavy atom. The van der Waals surface area contributed by atoms with Gasteiger partial charge in [-0.3, -0.25) is 0 Å². The quantitative estimate of drug-likeness (QED) is 0.281. The summed E-state index contributed by atoms with van der Waals surface area (Å²) < 4.78 is 7.99. The molecule has 0 radical (unpaired) electrons. The van der Waals surface area contributed by atoms with E-state index >= 15 is 0 Å². The second-order valence-electron chi connectivity index (χ2n) is 8.73. The van der Waals surface area contributed by atoms with E-state index in [1.165, 1.54) is 0 Å². The van der Waals surface area contributed by atoms with Crippen molar-refractivity contribution in [1.29, 1.82) is 0 Å². The summed E-state index contributed by atoms with van der Waals surface area (Å²) in [5, 5.41) is 13.9. The van der Waals surface area contributed by atoms with Gasteiger partial charge in [-0.2, -0.15) is 0 Å². The highest BCUT2D eigenvalue weighted by atomic mass is 35.5. The lowest BCUT2D eigenvalue weighted by molar-refractivity contribution is 0.117. The standard InChI is InChI=1S/C28H24Cl2N4O2/c1-33(2)27-26(36-21-7-5-4-6-8-21)25(30)22-15-19(11-14-23(22)32-27)28(35,24-16-31-17-34(24)3)18-9-12-20(29)13-10-18/h4-17,35H,1-3H3. The predicted molar refractivity (Wildman–Crippen MR) is 144 cm³/mol. The van der Waals surface area contributed by atoms with Crippen LogP contribution in [0.15, 0.2) is 85.3 Å². The fourth-order valence-electron chi connectivity index (χ4n) is 4.28. The molecule has 0 saturated heterocycles. The number of halogens is 2. The minimum atomic E-state index is -1.52. The number of hydrogen-bond acceptors (Lipinski definition) is 5. The van der Waals surface area contributed by atoms with Crippen LogP contribution in [-0.2, 0) is 12.6 Å². The Hall–Kier alpha value is -3.58. The lowest BCUT2D eigenvalue weighted by Gasteiger charge is -2.30. The van der Waals surface area contributed by atoms with Gasteiger partial charge in [0.25, 0.3) is 0 Å². The molecule has 3 aromatic carbocycles. The van der Waals surface area contributed by atoms with E-state index in [0.29, 0.717) is 55.1 Å². The summed E-state index contributed by atoms with van der Waals surface area (Å²) in [6.07, 6.45) is 3.30. The van der Waals surface area contributed by atoms with E-state index in [4.69, 9.17) is 32.9 Å². The molecular formula is C28H24Cl2N4O2. The second kappa shape index (κ2) is 9.47. The van der Waals surface area contributed by atoms with Gasteiger partial charge in [0.05, 0.1) is 28.8 Å². The molecule has 0 aliphatic rings. The van der Waals surface area contributed by atoms with E-state index in [0.717, 1.165) is 0 Å². The number of imidazole rings is 1. The molecule has 0 spiro atoms. The van der Waals surface area contributed by atoms with E-state index in [-0.39, 0.29) is 0 Å². The summed E-state index contributed by atoms with van der Waals surface area (Å²) in [6.45, 7) is 0. The monoisotopic (exact) mass is 518 g/mol. The topological polar surface area (TPSA) is 63.4 Å². The van der Waals surface area contributed by atoms with Crippen molar-refractivity contribution in [1.82, 2.24) is 14.5 Å². The van der Waals surface area contributed by atoms with E-state index in [2.05, 4.69) is 4.98 Å². The number of aryl methyl sites for hydroxylation is 1. The zero-order valence-corrected chi connectivity index (χ0v) is 21.5. The van der Waals surface area contributed by atoms with Gasteiger partial charge in [-0.1, -0.05) is 59.6 Å². The highest BCUT2D eigenvalue weighted by Crippen LogP contribution is 2.44. The van der Waals surface area contributed by atoms with Gasteiger partial charge >= 0.3 is 0 Å². The Kier molecular flexibility index (Phi) is 6.35. The predicted octanol–water partition coefficient (Wildman–Crippen LogP) is 6.42. The van der Waals surface area contributed by atoms with Crippen molar-refractivity contribution >= 4 is 39.9 Å². The fraction of sp³-hybridized carbons (Fsp3) is 0.143. The highest BCUT2D eigenvalue weighted by molar-refractivity contribution is 6.37. The summed E-state index contributed by atoms with van der Waals surface area (Å²) in [7, 11) is 5.62. The first kappa shape index (κ1) is 24.1. The lowest BCUT2D eigenvalue weighted by atomic mass is 9.83. The number of ether oxygens (including phenoxy) is 1. The number of anilines is 1. The van der Waals surface area contributed by atoms with Gasteiger partial charge in [-0.25, -0.2) is 9.97 Å². The van der Waals surface area contributed by atoms with E-state index in [9.17, 15) is 5.11 Å². The smallest absolute Gasteiger partial charge is 0.189 e. The molecule has 6 nitrogen and oxygen atoms in total. The van der Waals surface area contributed by atoms with Gasteiger partial charge in [-0.15, -0.1) is 0 Å². The number of fused-ring (bicyclic) bond motifs is 1. The Morgan fingerprint density at radius 3 is 2.28 bits per heavy atom. The largest absolute Gasteiger partial charge is 0.452 e. The molecule has 182 valence electrons. The number of nitrogens with zero attached hydrogens (tertiary/aromatic N) is 4. The lowest BCUT2D eigenvalue weighted by Crippen LogP contribution is -2.31. The van der Waals surface area contributed by atoms with Crippen molar-refractivity contribution in [3.8, 4) is 11.5 Å². The molecule has 2 aromatic heterocycles. The number of rotatable bonds is 6. The van der Waals surface area contributed by atoms with Crippen molar-refractivity contribution in [3.05, 3.63) is 112 Å². The molecular weight excluding hydrogens is 495 g/mol. The number of benzene rings is 3. The van der Waals surface area contributed by atoms with Gasteiger partial charge in [0.2, 0.25) is 0 Å². The second-order valence-corrected chi connectivity index (χ2v) is 9.54. The van der Waals surface area contributed by atoms with Crippen LogP contribution in [-0.4, -0.2) is 33.7 Å². The van der Waals surface area contributed by atoms with Crippen LogP contribution < -0.4 is 9.64 Å². The number of aromatic nitrogens is 3. The fourth-order valence-corrected chi connectivity index (χ4v) is 4.68. The third kappa shape index (κ3) is 4.17. The first-order chi connectivity index (χ1) is 17.3. The third-order valence-corrected chi connectivity index (χ3v) is 6.74. The number of para-hydroxylation sites is 1. The van der Waals surface area contributed by atoms with Crippen molar-refractivity contribution < 1.29 is 9.84 Å². The minimum Gasteiger partial charge on any atom is -0.452 e. The average Bonchev–Trinajstić information content (AvgIpc) is 3.32. The summed E-state index contributed by atoms with van der Waals surface area (Å²) in [4.78, 5) is 10.9. The van der Waals surface area contributed by atoms with Gasteiger partial charge in [0.1, 0.15) is 5.75 Å². The Bertz CT molecular complexity index is 1540. The van der Waals surface area contributed by atoms with Crippen LogP contribution in [0.4, 0.5) is 5.82 Å². The average molecular weight is 519 g/mol. The van der Waals surface area contributed by atoms with Crippen LogP contribution in [0, 0.1) is 0 Å². The Morgan fingerprint density at radius 1 is 0.944 bits per heavy atom. The molecule has 0 saturated carbocycles. The summed E-state index contributed by atoms with van der Waals surface area (Å²) >= 11 is 13.1.